The third kappa shape index (κ3) is 3.23. The maximum absolute atomic E-state index is 3.54. The lowest BCUT2D eigenvalue weighted by Gasteiger charge is -2.09. The van der Waals surface area contributed by atoms with Crippen molar-refractivity contribution in [3.05, 3.63) is 69.2 Å². The van der Waals surface area contributed by atoms with E-state index in [2.05, 4.69) is 79.2 Å². The van der Waals surface area contributed by atoms with Gasteiger partial charge in [0.25, 0.3) is 0 Å². The third-order valence-electron chi connectivity index (χ3n) is 3.35. The molecule has 0 aromatic heterocycles. The summed E-state index contributed by atoms with van der Waals surface area (Å²) >= 11 is 3.54. The quantitative estimate of drug-likeness (QED) is 0.705. The van der Waals surface area contributed by atoms with Crippen molar-refractivity contribution < 1.29 is 0 Å². The molecule has 0 fully saturated rings. The second kappa shape index (κ2) is 5.71. The van der Waals surface area contributed by atoms with Gasteiger partial charge in [-0.3, -0.25) is 0 Å². The van der Waals surface area contributed by atoms with E-state index in [0.29, 0.717) is 5.92 Å². The Hall–Kier alpha value is -1.08. The summed E-state index contributed by atoms with van der Waals surface area (Å²) in [5, 5.41) is 0. The molecular formula is C17H19Br. The molecule has 2 rings (SSSR count). The number of benzene rings is 2. The summed E-state index contributed by atoms with van der Waals surface area (Å²) in [5.74, 6) is 0.603. The first-order chi connectivity index (χ1) is 8.56. The van der Waals surface area contributed by atoms with Crippen molar-refractivity contribution in [2.45, 2.75) is 33.1 Å². The van der Waals surface area contributed by atoms with Gasteiger partial charge in [0.1, 0.15) is 0 Å². The van der Waals surface area contributed by atoms with Crippen LogP contribution in [0.4, 0.5) is 0 Å². The first-order valence-corrected chi connectivity index (χ1v) is 7.19. The maximum Gasteiger partial charge on any atom is 0.0178 e. The van der Waals surface area contributed by atoms with Crippen molar-refractivity contribution in [1.82, 2.24) is 0 Å². The number of aryl methyl sites for hydroxylation is 1. The molecular weight excluding hydrogens is 284 g/mol. The number of hydrogen-bond donors (Lipinski definition) is 0. The minimum atomic E-state index is 0.603. The van der Waals surface area contributed by atoms with Crippen molar-refractivity contribution in [3.63, 3.8) is 0 Å². The average Bonchev–Trinajstić information content (AvgIpc) is 2.34. The fourth-order valence-corrected chi connectivity index (χ4v) is 2.48. The van der Waals surface area contributed by atoms with Crippen molar-refractivity contribution in [2.24, 2.45) is 0 Å². The molecule has 0 heterocycles. The minimum absolute atomic E-state index is 0.603. The smallest absolute Gasteiger partial charge is 0.0178 e. The second-order valence-electron chi connectivity index (χ2n) is 5.14. The van der Waals surface area contributed by atoms with Crippen LogP contribution in [-0.2, 0) is 6.42 Å². The molecule has 0 aliphatic heterocycles. The Kier molecular flexibility index (Phi) is 4.23. The van der Waals surface area contributed by atoms with Crippen LogP contribution in [0.15, 0.2) is 46.9 Å². The van der Waals surface area contributed by atoms with Crippen LogP contribution < -0.4 is 0 Å². The molecule has 0 N–H and O–H groups in total. The summed E-state index contributed by atoms with van der Waals surface area (Å²) in [6.07, 6.45) is 1.00. The lowest BCUT2D eigenvalue weighted by molar-refractivity contribution is 0.865. The predicted molar refractivity (Wildman–Crippen MR) is 82.2 cm³/mol. The van der Waals surface area contributed by atoms with E-state index in [1.807, 2.05) is 0 Å². The Morgan fingerprint density at radius 1 is 1.00 bits per heavy atom. The van der Waals surface area contributed by atoms with Gasteiger partial charge in [0.2, 0.25) is 0 Å². The number of halogens is 1. The van der Waals surface area contributed by atoms with E-state index in [1.165, 1.54) is 22.3 Å². The molecule has 0 unspecified atom stereocenters. The van der Waals surface area contributed by atoms with Gasteiger partial charge in [-0.25, -0.2) is 0 Å². The predicted octanol–water partition coefficient (Wildman–Crippen LogP) is 5.47. The van der Waals surface area contributed by atoms with Crippen molar-refractivity contribution in [2.75, 3.05) is 0 Å². The fourth-order valence-electron chi connectivity index (χ4n) is 2.07. The molecule has 0 aliphatic carbocycles. The summed E-state index contributed by atoms with van der Waals surface area (Å²) in [7, 11) is 0. The summed E-state index contributed by atoms with van der Waals surface area (Å²) in [6, 6.07) is 15.5. The molecule has 94 valence electrons. The largest absolute Gasteiger partial charge is 0.0587 e. The van der Waals surface area contributed by atoms with Crippen LogP contribution in [0.5, 0.6) is 0 Å². The Morgan fingerprint density at radius 3 is 2.28 bits per heavy atom. The molecule has 0 saturated carbocycles. The fraction of sp³-hybridized carbons (Fsp3) is 0.294. The lowest BCUT2D eigenvalue weighted by atomic mass is 9.97. The SMILES string of the molecule is Cc1ccc(Br)cc1Cc1ccc(C(C)C)cc1. The molecule has 0 radical (unpaired) electrons. The molecule has 18 heavy (non-hydrogen) atoms. The highest BCUT2D eigenvalue weighted by atomic mass is 79.9. The molecule has 0 bridgehead atoms. The Labute approximate surface area is 118 Å². The highest BCUT2D eigenvalue weighted by molar-refractivity contribution is 9.10. The zero-order valence-corrected chi connectivity index (χ0v) is 12.8. The van der Waals surface area contributed by atoms with Gasteiger partial charge in [-0.2, -0.15) is 0 Å². The number of rotatable bonds is 3. The minimum Gasteiger partial charge on any atom is -0.0587 e. The van der Waals surface area contributed by atoms with Crippen molar-refractivity contribution in [3.8, 4) is 0 Å². The van der Waals surface area contributed by atoms with E-state index in [1.54, 1.807) is 0 Å². The van der Waals surface area contributed by atoms with Crippen LogP contribution in [0, 0.1) is 6.92 Å². The molecule has 0 aliphatic rings. The standard InChI is InChI=1S/C17H19Br/c1-12(2)15-7-5-14(6-8-15)10-16-11-17(18)9-4-13(16)3/h4-9,11-12H,10H2,1-3H3. The number of hydrogen-bond acceptors (Lipinski definition) is 0. The second-order valence-corrected chi connectivity index (χ2v) is 6.06. The van der Waals surface area contributed by atoms with Crippen LogP contribution in [-0.4, -0.2) is 0 Å². The Balaban J connectivity index is 2.21. The summed E-state index contributed by atoms with van der Waals surface area (Å²) in [4.78, 5) is 0. The maximum atomic E-state index is 3.54. The zero-order chi connectivity index (χ0) is 13.1. The van der Waals surface area contributed by atoms with Crippen molar-refractivity contribution in [1.29, 1.82) is 0 Å². The zero-order valence-electron chi connectivity index (χ0n) is 11.2. The van der Waals surface area contributed by atoms with E-state index >= 15 is 0 Å². The van der Waals surface area contributed by atoms with Gasteiger partial charge < -0.3 is 0 Å². The van der Waals surface area contributed by atoms with Crippen LogP contribution in [0.2, 0.25) is 0 Å². The van der Waals surface area contributed by atoms with Gasteiger partial charge in [0.05, 0.1) is 0 Å². The first kappa shape index (κ1) is 13.4. The third-order valence-corrected chi connectivity index (χ3v) is 3.85. The summed E-state index contributed by atoms with van der Waals surface area (Å²) in [5.41, 5.74) is 5.53. The first-order valence-electron chi connectivity index (χ1n) is 6.40. The Morgan fingerprint density at radius 2 is 1.67 bits per heavy atom. The molecule has 1 heteroatoms. The molecule has 2 aromatic carbocycles. The van der Waals surface area contributed by atoms with Crippen LogP contribution in [0.3, 0.4) is 0 Å². The van der Waals surface area contributed by atoms with E-state index < -0.39 is 0 Å². The van der Waals surface area contributed by atoms with Gasteiger partial charge in [0.15, 0.2) is 0 Å². The van der Waals surface area contributed by atoms with E-state index in [4.69, 9.17) is 0 Å². The molecule has 0 amide bonds. The molecule has 0 saturated heterocycles. The van der Waals surface area contributed by atoms with Gasteiger partial charge in [-0.1, -0.05) is 60.1 Å². The molecule has 0 spiro atoms. The lowest BCUT2D eigenvalue weighted by Crippen LogP contribution is -1.93. The van der Waals surface area contributed by atoms with E-state index in [-0.39, 0.29) is 0 Å². The van der Waals surface area contributed by atoms with E-state index in [0.717, 1.165) is 10.9 Å². The average molecular weight is 303 g/mol. The van der Waals surface area contributed by atoms with Crippen LogP contribution in [0.1, 0.15) is 42.0 Å². The molecule has 0 atom stereocenters. The monoisotopic (exact) mass is 302 g/mol. The Bertz CT molecular complexity index is 524. The normalized spacial score (nSPS) is 10.9. The van der Waals surface area contributed by atoms with Gasteiger partial charge in [0, 0.05) is 4.47 Å². The summed E-state index contributed by atoms with van der Waals surface area (Å²) < 4.78 is 1.15. The van der Waals surface area contributed by atoms with Gasteiger partial charge >= 0.3 is 0 Å². The van der Waals surface area contributed by atoms with Crippen LogP contribution >= 0.6 is 15.9 Å². The van der Waals surface area contributed by atoms with Crippen molar-refractivity contribution >= 4 is 15.9 Å². The van der Waals surface area contributed by atoms with Gasteiger partial charge in [-0.15, -0.1) is 0 Å². The topological polar surface area (TPSA) is 0 Å². The molecule has 0 nitrogen and oxygen atoms in total. The van der Waals surface area contributed by atoms with Gasteiger partial charge in [-0.05, 0) is 53.6 Å². The van der Waals surface area contributed by atoms with Crippen LogP contribution in [0.25, 0.3) is 0 Å². The highest BCUT2D eigenvalue weighted by Crippen LogP contribution is 2.21. The summed E-state index contributed by atoms with van der Waals surface area (Å²) in [6.45, 7) is 6.63. The van der Waals surface area contributed by atoms with E-state index in [9.17, 15) is 0 Å². The molecule has 2 aromatic rings. The highest BCUT2D eigenvalue weighted by Gasteiger charge is 2.03.